The molecule has 1 atom stereocenters. The molecule has 0 amide bonds. The van der Waals surface area contributed by atoms with Crippen molar-refractivity contribution in [3.8, 4) is 11.5 Å². The molecule has 0 saturated carbocycles. The van der Waals surface area contributed by atoms with Crippen molar-refractivity contribution in [1.29, 1.82) is 0 Å². The Morgan fingerprint density at radius 1 is 1.18 bits per heavy atom. The molecule has 1 rings (SSSR count). The summed E-state index contributed by atoms with van der Waals surface area (Å²) in [6, 6.07) is 4.69. The van der Waals surface area contributed by atoms with Gasteiger partial charge in [-0.25, -0.2) is 0 Å². The highest BCUT2D eigenvalue weighted by molar-refractivity contribution is 5.40. The quantitative estimate of drug-likeness (QED) is 0.503. The molecule has 0 aliphatic rings. The zero-order chi connectivity index (χ0) is 12.7. The first-order valence-corrected chi connectivity index (χ1v) is 6.40. The number of unbranched alkanes of at least 4 members (excludes halogenated alkanes) is 3. The topological polar surface area (TPSA) is 52.5 Å². The summed E-state index contributed by atoms with van der Waals surface area (Å²) in [6.07, 6.45) is 4.90. The van der Waals surface area contributed by atoms with E-state index in [0.29, 0.717) is 0 Å². The highest BCUT2D eigenvalue weighted by Gasteiger charge is 2.10. The van der Waals surface area contributed by atoms with Crippen molar-refractivity contribution in [1.82, 2.24) is 5.32 Å². The second-order valence-electron chi connectivity index (χ2n) is 4.48. The van der Waals surface area contributed by atoms with Crippen LogP contribution in [0.1, 0.15) is 51.1 Å². The molecule has 0 bridgehead atoms. The number of aromatic hydroxyl groups is 2. The number of benzene rings is 1. The van der Waals surface area contributed by atoms with E-state index in [9.17, 15) is 10.2 Å². The van der Waals surface area contributed by atoms with E-state index in [1.54, 1.807) is 6.07 Å². The molecule has 0 saturated heterocycles. The first kappa shape index (κ1) is 13.8. The summed E-state index contributed by atoms with van der Waals surface area (Å²) < 4.78 is 0. The highest BCUT2D eigenvalue weighted by atomic mass is 16.3. The Hall–Kier alpha value is -1.22. The Bertz CT molecular complexity index is 339. The van der Waals surface area contributed by atoms with E-state index in [1.807, 2.05) is 6.92 Å². The molecule has 3 N–H and O–H groups in total. The Labute approximate surface area is 103 Å². The Morgan fingerprint density at radius 3 is 2.65 bits per heavy atom. The summed E-state index contributed by atoms with van der Waals surface area (Å²) in [7, 11) is 0. The number of phenols is 2. The van der Waals surface area contributed by atoms with Crippen LogP contribution >= 0.6 is 0 Å². The summed E-state index contributed by atoms with van der Waals surface area (Å²) in [5.41, 5.74) is 0.750. The van der Waals surface area contributed by atoms with Gasteiger partial charge in [0.1, 0.15) is 11.5 Å². The second-order valence-corrected chi connectivity index (χ2v) is 4.48. The minimum Gasteiger partial charge on any atom is -0.508 e. The SMILES string of the molecule is CCCCCCNC(C)c1cc(O)ccc1O. The monoisotopic (exact) mass is 237 g/mol. The van der Waals surface area contributed by atoms with Gasteiger partial charge in [-0.3, -0.25) is 0 Å². The molecule has 0 spiro atoms. The summed E-state index contributed by atoms with van der Waals surface area (Å²) >= 11 is 0. The average molecular weight is 237 g/mol. The summed E-state index contributed by atoms with van der Waals surface area (Å²) in [6.45, 7) is 5.13. The molecule has 0 aliphatic heterocycles. The van der Waals surface area contributed by atoms with Crippen LogP contribution in [0.2, 0.25) is 0 Å². The van der Waals surface area contributed by atoms with Crippen LogP contribution in [0, 0.1) is 0 Å². The fourth-order valence-electron chi connectivity index (χ4n) is 1.87. The third-order valence-electron chi connectivity index (χ3n) is 2.96. The third kappa shape index (κ3) is 4.65. The van der Waals surface area contributed by atoms with Gasteiger partial charge in [-0.05, 0) is 38.1 Å². The zero-order valence-electron chi connectivity index (χ0n) is 10.7. The molecule has 1 unspecified atom stereocenters. The van der Waals surface area contributed by atoms with Crippen LogP contribution in [0.25, 0.3) is 0 Å². The molecule has 1 aromatic rings. The van der Waals surface area contributed by atoms with Gasteiger partial charge in [-0.15, -0.1) is 0 Å². The summed E-state index contributed by atoms with van der Waals surface area (Å²) in [4.78, 5) is 0. The van der Waals surface area contributed by atoms with Crippen molar-refractivity contribution in [2.45, 2.75) is 45.6 Å². The normalized spacial score (nSPS) is 12.6. The van der Waals surface area contributed by atoms with Crippen LogP contribution < -0.4 is 5.32 Å². The molecule has 0 heterocycles. The van der Waals surface area contributed by atoms with E-state index >= 15 is 0 Å². The molecule has 3 nitrogen and oxygen atoms in total. The fourth-order valence-corrected chi connectivity index (χ4v) is 1.87. The lowest BCUT2D eigenvalue weighted by Gasteiger charge is -2.15. The lowest BCUT2D eigenvalue weighted by molar-refractivity contribution is 0.439. The van der Waals surface area contributed by atoms with Crippen LogP contribution in [0.15, 0.2) is 18.2 Å². The van der Waals surface area contributed by atoms with Crippen LogP contribution in [-0.4, -0.2) is 16.8 Å². The molecule has 0 aliphatic carbocycles. The molecular formula is C14H23NO2. The predicted octanol–water partition coefficient (Wildman–Crippen LogP) is 3.33. The molecule has 3 heteroatoms. The van der Waals surface area contributed by atoms with E-state index in [4.69, 9.17) is 0 Å². The van der Waals surface area contributed by atoms with Crippen LogP contribution in [0.5, 0.6) is 11.5 Å². The number of hydrogen-bond donors (Lipinski definition) is 3. The minimum absolute atomic E-state index is 0.0590. The standard InChI is InChI=1S/C14H23NO2/c1-3-4-5-6-9-15-11(2)13-10-12(16)7-8-14(13)17/h7-8,10-11,15-17H,3-6,9H2,1-2H3. The van der Waals surface area contributed by atoms with Crippen LogP contribution in [0.3, 0.4) is 0 Å². The van der Waals surface area contributed by atoms with Gasteiger partial charge >= 0.3 is 0 Å². The van der Waals surface area contributed by atoms with Crippen molar-refractivity contribution in [3.05, 3.63) is 23.8 Å². The van der Waals surface area contributed by atoms with Crippen molar-refractivity contribution in [3.63, 3.8) is 0 Å². The maximum Gasteiger partial charge on any atom is 0.120 e. The summed E-state index contributed by atoms with van der Waals surface area (Å²) in [5, 5.41) is 22.4. The predicted molar refractivity (Wildman–Crippen MR) is 70.3 cm³/mol. The van der Waals surface area contributed by atoms with Gasteiger partial charge in [0.05, 0.1) is 0 Å². The number of hydrogen-bond acceptors (Lipinski definition) is 3. The van der Waals surface area contributed by atoms with Crippen molar-refractivity contribution < 1.29 is 10.2 Å². The maximum atomic E-state index is 9.70. The lowest BCUT2D eigenvalue weighted by Crippen LogP contribution is -2.19. The Balaban J connectivity index is 2.41. The van der Waals surface area contributed by atoms with Gasteiger partial charge in [-0.1, -0.05) is 26.2 Å². The number of phenolic OH excluding ortho intramolecular Hbond substituents is 2. The van der Waals surface area contributed by atoms with E-state index in [2.05, 4.69) is 12.2 Å². The molecule has 1 aromatic carbocycles. The molecule has 0 radical (unpaired) electrons. The van der Waals surface area contributed by atoms with Crippen LogP contribution in [0.4, 0.5) is 0 Å². The van der Waals surface area contributed by atoms with Crippen molar-refractivity contribution in [2.24, 2.45) is 0 Å². The molecule has 17 heavy (non-hydrogen) atoms. The Kier molecular flexibility index (Phi) is 5.84. The van der Waals surface area contributed by atoms with E-state index < -0.39 is 0 Å². The molecule has 96 valence electrons. The smallest absolute Gasteiger partial charge is 0.120 e. The lowest BCUT2D eigenvalue weighted by atomic mass is 10.1. The highest BCUT2D eigenvalue weighted by Crippen LogP contribution is 2.27. The van der Waals surface area contributed by atoms with Crippen molar-refractivity contribution >= 4 is 0 Å². The van der Waals surface area contributed by atoms with Crippen molar-refractivity contribution in [2.75, 3.05) is 6.54 Å². The maximum absolute atomic E-state index is 9.70. The van der Waals surface area contributed by atoms with Crippen LogP contribution in [-0.2, 0) is 0 Å². The molecule has 0 fully saturated rings. The first-order valence-electron chi connectivity index (χ1n) is 6.40. The van der Waals surface area contributed by atoms with Gasteiger partial charge in [0.2, 0.25) is 0 Å². The van der Waals surface area contributed by atoms with E-state index in [-0.39, 0.29) is 17.5 Å². The number of rotatable bonds is 7. The molecular weight excluding hydrogens is 214 g/mol. The molecule has 0 aromatic heterocycles. The fraction of sp³-hybridized carbons (Fsp3) is 0.571. The Morgan fingerprint density at radius 2 is 1.94 bits per heavy atom. The summed E-state index contributed by atoms with van der Waals surface area (Å²) in [5.74, 6) is 0.425. The van der Waals surface area contributed by atoms with Gasteiger partial charge in [0, 0.05) is 11.6 Å². The van der Waals surface area contributed by atoms with Gasteiger partial charge < -0.3 is 15.5 Å². The van der Waals surface area contributed by atoms with Gasteiger partial charge in [-0.2, -0.15) is 0 Å². The largest absolute Gasteiger partial charge is 0.508 e. The first-order chi connectivity index (χ1) is 8.15. The van der Waals surface area contributed by atoms with Gasteiger partial charge in [0.25, 0.3) is 0 Å². The minimum atomic E-state index is 0.0590. The number of nitrogens with one attached hydrogen (secondary N) is 1. The zero-order valence-corrected chi connectivity index (χ0v) is 10.7. The van der Waals surface area contributed by atoms with Gasteiger partial charge in [0.15, 0.2) is 0 Å². The average Bonchev–Trinajstić information content (AvgIpc) is 2.32. The van der Waals surface area contributed by atoms with E-state index in [1.165, 1.54) is 31.4 Å². The van der Waals surface area contributed by atoms with E-state index in [0.717, 1.165) is 18.5 Å². The third-order valence-corrected chi connectivity index (χ3v) is 2.96. The second kappa shape index (κ2) is 7.17.